The standard InChI is InChI=1S/C22H20ClN3O3/c1-29-19-13-11-18(12-14-19)24-22(28)20(15-5-3-2-4-6-15)25-26-21(27)16-7-9-17(23)10-8-16/h2-14,20,25H,1H3,(H,24,28)(H,26,27). The van der Waals surface area contributed by atoms with Gasteiger partial charge in [-0.2, -0.15) is 0 Å². The van der Waals surface area contributed by atoms with Crippen molar-refractivity contribution in [2.75, 3.05) is 12.4 Å². The number of anilines is 1. The maximum atomic E-state index is 12.9. The van der Waals surface area contributed by atoms with Gasteiger partial charge in [0.25, 0.3) is 5.91 Å². The molecule has 3 rings (SSSR count). The van der Waals surface area contributed by atoms with Crippen LogP contribution >= 0.6 is 11.6 Å². The highest BCUT2D eigenvalue weighted by atomic mass is 35.5. The molecule has 6 nitrogen and oxygen atoms in total. The number of benzene rings is 3. The van der Waals surface area contributed by atoms with Crippen LogP contribution in [-0.2, 0) is 4.79 Å². The molecular weight excluding hydrogens is 390 g/mol. The highest BCUT2D eigenvalue weighted by Gasteiger charge is 2.21. The van der Waals surface area contributed by atoms with E-state index in [-0.39, 0.29) is 11.8 Å². The summed E-state index contributed by atoms with van der Waals surface area (Å²) >= 11 is 5.85. The van der Waals surface area contributed by atoms with Gasteiger partial charge in [0.15, 0.2) is 0 Å². The average molecular weight is 410 g/mol. The van der Waals surface area contributed by atoms with Crippen LogP contribution in [0.4, 0.5) is 5.69 Å². The minimum atomic E-state index is -0.797. The second-order valence-electron chi connectivity index (χ2n) is 6.17. The highest BCUT2D eigenvalue weighted by molar-refractivity contribution is 6.30. The molecule has 0 heterocycles. The molecule has 3 N–H and O–H groups in total. The molecule has 0 aromatic heterocycles. The number of rotatable bonds is 7. The Bertz CT molecular complexity index is 961. The van der Waals surface area contributed by atoms with Gasteiger partial charge < -0.3 is 10.1 Å². The number of hydrogen-bond donors (Lipinski definition) is 3. The third-order valence-corrected chi connectivity index (χ3v) is 4.44. The van der Waals surface area contributed by atoms with E-state index >= 15 is 0 Å². The zero-order chi connectivity index (χ0) is 20.6. The van der Waals surface area contributed by atoms with Crippen molar-refractivity contribution in [2.45, 2.75) is 6.04 Å². The van der Waals surface area contributed by atoms with E-state index < -0.39 is 6.04 Å². The van der Waals surface area contributed by atoms with Crippen LogP contribution in [0.3, 0.4) is 0 Å². The first kappa shape index (κ1) is 20.4. The van der Waals surface area contributed by atoms with E-state index in [2.05, 4.69) is 16.2 Å². The molecule has 29 heavy (non-hydrogen) atoms. The zero-order valence-electron chi connectivity index (χ0n) is 15.7. The molecule has 0 spiro atoms. The van der Waals surface area contributed by atoms with E-state index in [4.69, 9.17) is 16.3 Å². The minimum absolute atomic E-state index is 0.322. The summed E-state index contributed by atoms with van der Waals surface area (Å²) in [4.78, 5) is 25.3. The molecule has 0 saturated carbocycles. The van der Waals surface area contributed by atoms with Crippen LogP contribution < -0.4 is 20.9 Å². The monoisotopic (exact) mass is 409 g/mol. The lowest BCUT2D eigenvalue weighted by Gasteiger charge is -2.19. The molecule has 1 unspecified atom stereocenters. The van der Waals surface area contributed by atoms with E-state index in [9.17, 15) is 9.59 Å². The number of hydrogen-bond acceptors (Lipinski definition) is 4. The molecule has 0 radical (unpaired) electrons. The first-order valence-electron chi connectivity index (χ1n) is 8.88. The fraction of sp³-hybridized carbons (Fsp3) is 0.0909. The van der Waals surface area contributed by atoms with Crippen LogP contribution in [0.15, 0.2) is 78.9 Å². The van der Waals surface area contributed by atoms with Crippen molar-refractivity contribution in [1.82, 2.24) is 10.9 Å². The van der Waals surface area contributed by atoms with Gasteiger partial charge in [0.05, 0.1) is 7.11 Å². The quantitative estimate of drug-likeness (QED) is 0.516. The van der Waals surface area contributed by atoms with Crippen LogP contribution in [0.2, 0.25) is 5.02 Å². The third-order valence-electron chi connectivity index (χ3n) is 4.19. The number of ether oxygens (including phenoxy) is 1. The summed E-state index contributed by atoms with van der Waals surface area (Å²) in [7, 11) is 1.58. The fourth-order valence-corrected chi connectivity index (χ4v) is 2.77. The Hall–Kier alpha value is -3.35. The van der Waals surface area contributed by atoms with Crippen LogP contribution in [0.25, 0.3) is 0 Å². The van der Waals surface area contributed by atoms with Crippen molar-refractivity contribution in [3.05, 3.63) is 95.0 Å². The first-order chi connectivity index (χ1) is 14.1. The van der Waals surface area contributed by atoms with Crippen molar-refractivity contribution in [3.63, 3.8) is 0 Å². The number of halogens is 1. The summed E-state index contributed by atoms with van der Waals surface area (Å²) in [5, 5.41) is 3.37. The van der Waals surface area contributed by atoms with E-state index in [1.54, 1.807) is 67.8 Å². The molecule has 1 atom stereocenters. The van der Waals surface area contributed by atoms with Gasteiger partial charge in [-0.1, -0.05) is 41.9 Å². The van der Waals surface area contributed by atoms with Gasteiger partial charge in [-0.05, 0) is 54.1 Å². The Balaban J connectivity index is 1.72. The molecule has 2 amide bonds. The summed E-state index contributed by atoms with van der Waals surface area (Å²) in [6, 6.07) is 21.8. The maximum Gasteiger partial charge on any atom is 0.265 e. The first-order valence-corrected chi connectivity index (χ1v) is 9.26. The van der Waals surface area contributed by atoms with E-state index in [0.717, 1.165) is 0 Å². The number of methoxy groups -OCH3 is 1. The largest absolute Gasteiger partial charge is 0.497 e. The summed E-state index contributed by atoms with van der Waals surface area (Å²) in [6.07, 6.45) is 0. The molecule has 148 valence electrons. The smallest absolute Gasteiger partial charge is 0.265 e. The normalized spacial score (nSPS) is 11.4. The molecule has 3 aromatic carbocycles. The predicted molar refractivity (Wildman–Crippen MR) is 113 cm³/mol. The Morgan fingerprint density at radius 3 is 2.17 bits per heavy atom. The minimum Gasteiger partial charge on any atom is -0.497 e. The molecule has 0 aliphatic rings. The Labute approximate surface area is 173 Å². The Morgan fingerprint density at radius 1 is 0.897 bits per heavy atom. The van der Waals surface area contributed by atoms with Crippen LogP contribution in [0.1, 0.15) is 22.0 Å². The van der Waals surface area contributed by atoms with Crippen LogP contribution in [0, 0.1) is 0 Å². The van der Waals surface area contributed by atoms with Gasteiger partial charge in [-0.25, -0.2) is 5.43 Å². The van der Waals surface area contributed by atoms with Gasteiger partial charge in [0, 0.05) is 16.3 Å². The molecule has 0 aliphatic carbocycles. The van der Waals surface area contributed by atoms with Gasteiger partial charge in [-0.15, -0.1) is 0 Å². The van der Waals surface area contributed by atoms with Crippen molar-refractivity contribution in [1.29, 1.82) is 0 Å². The number of carbonyl (C=O) groups is 2. The van der Waals surface area contributed by atoms with E-state index in [1.165, 1.54) is 0 Å². The van der Waals surface area contributed by atoms with Crippen molar-refractivity contribution < 1.29 is 14.3 Å². The molecular formula is C22H20ClN3O3. The molecule has 0 fully saturated rings. The lowest BCUT2D eigenvalue weighted by atomic mass is 10.1. The zero-order valence-corrected chi connectivity index (χ0v) is 16.4. The maximum absolute atomic E-state index is 12.9. The number of carbonyl (C=O) groups excluding carboxylic acids is 2. The number of amides is 2. The van der Waals surface area contributed by atoms with Crippen molar-refractivity contribution in [3.8, 4) is 5.75 Å². The summed E-state index contributed by atoms with van der Waals surface area (Å²) < 4.78 is 5.12. The Morgan fingerprint density at radius 2 is 1.55 bits per heavy atom. The van der Waals surface area contributed by atoms with Crippen molar-refractivity contribution >= 4 is 29.1 Å². The molecule has 0 bridgehead atoms. The summed E-state index contributed by atoms with van der Waals surface area (Å²) in [5.74, 6) is -0.00594. The molecule has 0 saturated heterocycles. The van der Waals surface area contributed by atoms with Gasteiger partial charge >= 0.3 is 0 Å². The number of nitrogens with one attached hydrogen (secondary N) is 3. The van der Waals surface area contributed by atoms with Crippen molar-refractivity contribution in [2.24, 2.45) is 0 Å². The number of hydrazine groups is 1. The molecule has 0 aliphatic heterocycles. The molecule has 3 aromatic rings. The SMILES string of the molecule is COc1ccc(NC(=O)C(NNC(=O)c2ccc(Cl)cc2)c2ccccc2)cc1. The summed E-state index contributed by atoms with van der Waals surface area (Å²) in [5.41, 5.74) is 7.15. The van der Waals surface area contributed by atoms with Crippen LogP contribution in [0.5, 0.6) is 5.75 Å². The van der Waals surface area contributed by atoms with Gasteiger partial charge in [0.1, 0.15) is 11.8 Å². The topological polar surface area (TPSA) is 79.5 Å². The third kappa shape index (κ3) is 5.57. The highest BCUT2D eigenvalue weighted by Crippen LogP contribution is 2.18. The van der Waals surface area contributed by atoms with E-state index in [0.29, 0.717) is 27.6 Å². The van der Waals surface area contributed by atoms with Gasteiger partial charge in [-0.3, -0.25) is 15.0 Å². The Kier molecular flexibility index (Phi) is 6.84. The second kappa shape index (κ2) is 9.73. The predicted octanol–water partition coefficient (Wildman–Crippen LogP) is 3.96. The fourth-order valence-electron chi connectivity index (χ4n) is 2.65. The van der Waals surface area contributed by atoms with Gasteiger partial charge in [0.2, 0.25) is 5.91 Å². The van der Waals surface area contributed by atoms with E-state index in [1.807, 2.05) is 18.2 Å². The second-order valence-corrected chi connectivity index (χ2v) is 6.60. The van der Waals surface area contributed by atoms with Crippen LogP contribution in [-0.4, -0.2) is 18.9 Å². The molecule has 7 heteroatoms. The summed E-state index contributed by atoms with van der Waals surface area (Å²) in [6.45, 7) is 0. The lowest BCUT2D eigenvalue weighted by Crippen LogP contribution is -2.44. The average Bonchev–Trinajstić information content (AvgIpc) is 2.75. The lowest BCUT2D eigenvalue weighted by molar-refractivity contribution is -0.118.